The number of terminal acetylenes is 1. The number of rotatable bonds is 1. The predicted octanol–water partition coefficient (Wildman–Crippen LogP) is 3.05. The summed E-state index contributed by atoms with van der Waals surface area (Å²) in [5.41, 5.74) is -0.752. The molecule has 1 saturated heterocycles. The number of nitrogens with zero attached hydrogens (tertiary/aromatic N) is 1. The summed E-state index contributed by atoms with van der Waals surface area (Å²) in [4.78, 5) is 13.9. The lowest BCUT2D eigenvalue weighted by atomic mass is 9.84. The van der Waals surface area contributed by atoms with Crippen LogP contribution in [-0.2, 0) is 4.74 Å². The van der Waals surface area contributed by atoms with Crippen LogP contribution in [0.4, 0.5) is 4.79 Å². The van der Waals surface area contributed by atoms with E-state index in [1.807, 2.05) is 34.6 Å². The molecule has 0 N–H and O–H groups in total. The van der Waals surface area contributed by atoms with Gasteiger partial charge in [0.2, 0.25) is 0 Å². The molecule has 17 heavy (non-hydrogen) atoms. The number of hydrogen-bond acceptors (Lipinski definition) is 2. The van der Waals surface area contributed by atoms with E-state index in [1.165, 1.54) is 0 Å². The van der Waals surface area contributed by atoms with Gasteiger partial charge in [-0.2, -0.15) is 0 Å². The summed E-state index contributed by atoms with van der Waals surface area (Å²) in [5, 5.41) is 0. The van der Waals surface area contributed by atoms with Crippen LogP contribution in [0.15, 0.2) is 0 Å². The average molecular weight is 237 g/mol. The fourth-order valence-electron chi connectivity index (χ4n) is 2.15. The molecule has 1 aliphatic heterocycles. The second-order valence-electron chi connectivity index (χ2n) is 6.20. The Morgan fingerprint density at radius 2 is 1.94 bits per heavy atom. The minimum absolute atomic E-state index is 0.0855. The molecule has 1 atom stereocenters. The topological polar surface area (TPSA) is 29.5 Å². The van der Waals surface area contributed by atoms with Gasteiger partial charge in [-0.15, -0.1) is 6.42 Å². The van der Waals surface area contributed by atoms with E-state index in [0.29, 0.717) is 0 Å². The van der Waals surface area contributed by atoms with Crippen LogP contribution >= 0.6 is 0 Å². The Hall–Kier alpha value is -1.17. The van der Waals surface area contributed by atoms with Gasteiger partial charge in [-0.3, -0.25) is 0 Å². The first-order chi connectivity index (χ1) is 7.67. The molecule has 0 spiro atoms. The first-order valence-corrected chi connectivity index (χ1v) is 6.15. The van der Waals surface area contributed by atoms with Gasteiger partial charge in [-0.25, -0.2) is 4.79 Å². The third-order valence-corrected chi connectivity index (χ3v) is 3.09. The smallest absolute Gasteiger partial charge is 0.410 e. The maximum absolute atomic E-state index is 12.1. The maximum atomic E-state index is 12.1. The fraction of sp³-hybridized carbons (Fsp3) is 0.786. The van der Waals surface area contributed by atoms with Crippen LogP contribution in [0.5, 0.6) is 0 Å². The molecule has 0 aliphatic carbocycles. The Bertz CT molecular complexity index is 333. The van der Waals surface area contributed by atoms with Crippen LogP contribution in [0.1, 0.15) is 47.5 Å². The van der Waals surface area contributed by atoms with Gasteiger partial charge < -0.3 is 9.64 Å². The van der Waals surface area contributed by atoms with Gasteiger partial charge in [0.25, 0.3) is 0 Å². The molecule has 0 aromatic carbocycles. The predicted molar refractivity (Wildman–Crippen MR) is 68.6 cm³/mol. The Balaban J connectivity index is 2.78. The maximum Gasteiger partial charge on any atom is 0.410 e. The molecule has 0 bridgehead atoms. The van der Waals surface area contributed by atoms with E-state index in [4.69, 9.17) is 11.2 Å². The zero-order chi connectivity index (χ0) is 13.3. The molecular weight excluding hydrogens is 214 g/mol. The highest BCUT2D eigenvalue weighted by atomic mass is 16.6. The highest BCUT2D eigenvalue weighted by Crippen LogP contribution is 2.33. The molecule has 1 heterocycles. The Morgan fingerprint density at radius 3 is 2.41 bits per heavy atom. The van der Waals surface area contributed by atoms with Gasteiger partial charge in [0.05, 0.1) is 6.04 Å². The van der Waals surface area contributed by atoms with Crippen molar-refractivity contribution in [1.82, 2.24) is 4.90 Å². The lowest BCUT2D eigenvalue weighted by molar-refractivity contribution is 0.0154. The van der Waals surface area contributed by atoms with Gasteiger partial charge in [-0.1, -0.05) is 5.92 Å². The summed E-state index contributed by atoms with van der Waals surface area (Å²) >= 11 is 0. The van der Waals surface area contributed by atoms with Gasteiger partial charge in [-0.05, 0) is 47.5 Å². The molecule has 1 amide bonds. The number of amides is 1. The highest BCUT2D eigenvalue weighted by Gasteiger charge is 2.40. The summed E-state index contributed by atoms with van der Waals surface area (Å²) in [6, 6.07) is 0.0855. The molecule has 0 aromatic heterocycles. The molecule has 1 unspecified atom stereocenters. The number of carbonyl (C=O) groups is 1. The van der Waals surface area contributed by atoms with Crippen LogP contribution in [0.2, 0.25) is 0 Å². The van der Waals surface area contributed by atoms with Gasteiger partial charge in [0, 0.05) is 12.0 Å². The molecule has 1 rings (SSSR count). The minimum Gasteiger partial charge on any atom is -0.444 e. The number of likely N-dealkylation sites (tertiary alicyclic amines) is 1. The zero-order valence-electron chi connectivity index (χ0n) is 11.5. The third kappa shape index (κ3) is 3.39. The third-order valence-electron chi connectivity index (χ3n) is 3.09. The van der Waals surface area contributed by atoms with Crippen molar-refractivity contribution in [2.45, 2.75) is 59.1 Å². The first kappa shape index (κ1) is 13.9. The summed E-state index contributed by atoms with van der Waals surface area (Å²) in [5.74, 6) is 2.78. The van der Waals surface area contributed by atoms with Crippen LogP contribution in [0.25, 0.3) is 0 Å². The Kier molecular flexibility index (Phi) is 3.76. The standard InChI is InChI=1S/C14H23NO2/c1-7-14(5,6)11-9-8-10-15(11)12(16)17-13(2,3)4/h1,11H,8-10H2,2-6H3. The van der Waals surface area contributed by atoms with E-state index < -0.39 is 5.60 Å². The van der Waals surface area contributed by atoms with E-state index in [2.05, 4.69) is 5.92 Å². The minimum atomic E-state index is -0.454. The molecule has 0 radical (unpaired) electrons. The molecule has 3 nitrogen and oxygen atoms in total. The Morgan fingerprint density at radius 1 is 1.35 bits per heavy atom. The van der Waals surface area contributed by atoms with Crippen molar-refractivity contribution in [3.63, 3.8) is 0 Å². The van der Waals surface area contributed by atoms with Crippen molar-refractivity contribution in [3.05, 3.63) is 0 Å². The summed E-state index contributed by atoms with van der Waals surface area (Å²) in [6.45, 7) is 10.4. The van der Waals surface area contributed by atoms with Crippen molar-refractivity contribution in [2.75, 3.05) is 6.54 Å². The molecular formula is C14H23NO2. The van der Waals surface area contributed by atoms with E-state index in [-0.39, 0.29) is 17.6 Å². The molecule has 1 aliphatic rings. The van der Waals surface area contributed by atoms with E-state index >= 15 is 0 Å². The Labute approximate surface area is 105 Å². The van der Waals surface area contributed by atoms with Gasteiger partial charge >= 0.3 is 6.09 Å². The molecule has 3 heteroatoms. The number of ether oxygens (including phenoxy) is 1. The molecule has 0 aromatic rings. The highest BCUT2D eigenvalue weighted by molar-refractivity contribution is 5.69. The lowest BCUT2D eigenvalue weighted by Gasteiger charge is -2.35. The quantitative estimate of drug-likeness (QED) is 0.656. The molecule has 0 saturated carbocycles. The second kappa shape index (κ2) is 4.60. The zero-order valence-corrected chi connectivity index (χ0v) is 11.5. The van der Waals surface area contributed by atoms with Gasteiger partial charge in [0.1, 0.15) is 5.60 Å². The first-order valence-electron chi connectivity index (χ1n) is 6.15. The van der Waals surface area contributed by atoms with Crippen molar-refractivity contribution in [2.24, 2.45) is 5.41 Å². The van der Waals surface area contributed by atoms with Crippen molar-refractivity contribution in [3.8, 4) is 12.3 Å². The molecule has 1 fully saturated rings. The SMILES string of the molecule is C#CC(C)(C)C1CCCN1C(=O)OC(C)(C)C. The van der Waals surface area contributed by atoms with Crippen molar-refractivity contribution < 1.29 is 9.53 Å². The number of hydrogen-bond donors (Lipinski definition) is 0. The summed E-state index contributed by atoms with van der Waals surface area (Å²) in [7, 11) is 0. The largest absolute Gasteiger partial charge is 0.444 e. The number of carbonyl (C=O) groups excluding carboxylic acids is 1. The van der Waals surface area contributed by atoms with Crippen LogP contribution in [0.3, 0.4) is 0 Å². The van der Waals surface area contributed by atoms with Crippen LogP contribution < -0.4 is 0 Å². The van der Waals surface area contributed by atoms with Crippen molar-refractivity contribution >= 4 is 6.09 Å². The normalized spacial score (nSPS) is 21.2. The lowest BCUT2D eigenvalue weighted by Crippen LogP contribution is -2.45. The van der Waals surface area contributed by atoms with E-state index in [1.54, 1.807) is 4.90 Å². The van der Waals surface area contributed by atoms with Crippen LogP contribution in [-0.4, -0.2) is 29.2 Å². The van der Waals surface area contributed by atoms with E-state index in [0.717, 1.165) is 19.4 Å². The second-order valence-corrected chi connectivity index (χ2v) is 6.20. The van der Waals surface area contributed by atoms with E-state index in [9.17, 15) is 4.79 Å². The fourth-order valence-corrected chi connectivity index (χ4v) is 2.15. The monoisotopic (exact) mass is 237 g/mol. The average Bonchev–Trinajstić information content (AvgIpc) is 2.63. The summed E-state index contributed by atoms with van der Waals surface area (Å²) in [6.07, 6.45) is 7.25. The van der Waals surface area contributed by atoms with Gasteiger partial charge in [0.15, 0.2) is 0 Å². The van der Waals surface area contributed by atoms with Crippen molar-refractivity contribution in [1.29, 1.82) is 0 Å². The van der Waals surface area contributed by atoms with Crippen LogP contribution in [0, 0.1) is 17.8 Å². The summed E-state index contributed by atoms with van der Waals surface area (Å²) < 4.78 is 5.41. The molecule has 96 valence electrons.